The predicted molar refractivity (Wildman–Crippen MR) is 148 cm³/mol. The number of hydrogen-bond donors (Lipinski definition) is 1. The number of piperidine rings is 1. The van der Waals surface area contributed by atoms with Gasteiger partial charge in [-0.15, -0.1) is 0 Å². The number of amides is 3. The minimum atomic E-state index is -4.78. The molecule has 3 aliphatic rings. The van der Waals surface area contributed by atoms with Crippen LogP contribution in [0, 0.1) is 0 Å². The minimum absolute atomic E-state index is 0.0174. The van der Waals surface area contributed by atoms with Crippen LogP contribution in [0.5, 0.6) is 5.75 Å². The van der Waals surface area contributed by atoms with Crippen LogP contribution < -0.4 is 10.1 Å². The summed E-state index contributed by atoms with van der Waals surface area (Å²) in [6, 6.07) is 4.44. The van der Waals surface area contributed by atoms with Gasteiger partial charge in [-0.05, 0) is 36.6 Å². The molecule has 10 nitrogen and oxygen atoms in total. The fourth-order valence-corrected chi connectivity index (χ4v) is 6.40. The topological polar surface area (TPSA) is 116 Å². The monoisotopic (exact) mass is 610 g/mol. The Morgan fingerprint density at radius 1 is 1.14 bits per heavy atom. The molecule has 2 fully saturated rings. The minimum Gasteiger partial charge on any atom is -0.489 e. The van der Waals surface area contributed by atoms with Gasteiger partial charge in [-0.25, -0.2) is 8.42 Å². The Morgan fingerprint density at radius 3 is 2.50 bits per heavy atom. The van der Waals surface area contributed by atoms with Crippen LogP contribution in [0.1, 0.15) is 35.7 Å². The molecule has 0 radical (unpaired) electrons. The number of hydrogen-bond acceptors (Lipinski definition) is 7. The molecule has 1 unspecified atom stereocenters. The van der Waals surface area contributed by atoms with Crippen molar-refractivity contribution in [3.8, 4) is 5.75 Å². The van der Waals surface area contributed by atoms with Crippen LogP contribution >= 0.6 is 0 Å². The van der Waals surface area contributed by atoms with E-state index >= 15 is 0 Å². The molecule has 0 aliphatic carbocycles. The summed E-state index contributed by atoms with van der Waals surface area (Å²) in [4.78, 5) is 40.2. The molecule has 4 rings (SSSR count). The van der Waals surface area contributed by atoms with Crippen LogP contribution in [-0.4, -0.2) is 97.5 Å². The quantitative estimate of drug-likeness (QED) is 0.320. The number of carbonyl (C=O) groups is 3. The molecule has 1 atom stereocenters. The number of carbonyl (C=O) groups excluding carboxylic acids is 3. The van der Waals surface area contributed by atoms with E-state index in [1.165, 1.54) is 4.90 Å². The number of halogens is 3. The molecule has 1 N–H and O–H groups in total. The first-order valence-electron chi connectivity index (χ1n) is 13.4. The van der Waals surface area contributed by atoms with Gasteiger partial charge in [-0.3, -0.25) is 24.6 Å². The maximum Gasteiger partial charge on any atom is 0.404 e. The van der Waals surface area contributed by atoms with Crippen LogP contribution in [0.2, 0.25) is 0 Å². The molecule has 1 aromatic rings. The van der Waals surface area contributed by atoms with E-state index < -0.39 is 33.9 Å². The highest BCUT2D eigenvalue weighted by atomic mass is 32.2. The largest absolute Gasteiger partial charge is 0.489 e. The second kappa shape index (κ2) is 12.8. The smallest absolute Gasteiger partial charge is 0.404 e. The normalized spacial score (nSPS) is 21.4. The summed E-state index contributed by atoms with van der Waals surface area (Å²) >= 11 is 0. The summed E-state index contributed by atoms with van der Waals surface area (Å²) in [7, 11) is -4.40. The van der Waals surface area contributed by atoms with Gasteiger partial charge in [-0.2, -0.15) is 17.5 Å². The van der Waals surface area contributed by atoms with E-state index in [1.54, 1.807) is 24.3 Å². The van der Waals surface area contributed by atoms with Crippen LogP contribution in [0.15, 0.2) is 54.2 Å². The molecular weight excluding hydrogens is 577 g/mol. The highest BCUT2D eigenvalue weighted by Gasteiger charge is 2.41. The number of alkyl halides is 3. The van der Waals surface area contributed by atoms with E-state index in [0.717, 1.165) is 15.5 Å². The molecule has 0 spiro atoms. The van der Waals surface area contributed by atoms with Gasteiger partial charge in [-0.1, -0.05) is 30.9 Å². The van der Waals surface area contributed by atoms with Gasteiger partial charge in [0.2, 0.25) is 21.8 Å². The number of allylic oxidation sites excluding steroid dienone is 2. The molecule has 2 saturated heterocycles. The zero-order chi connectivity index (χ0) is 30.7. The molecule has 14 heteroatoms. The van der Waals surface area contributed by atoms with Crippen molar-refractivity contribution in [3.05, 3.63) is 65.3 Å². The van der Waals surface area contributed by atoms with Crippen molar-refractivity contribution in [3.63, 3.8) is 0 Å². The Morgan fingerprint density at radius 2 is 1.86 bits per heavy atom. The summed E-state index contributed by atoms with van der Waals surface area (Å²) in [6.07, 6.45) is 1.03. The van der Waals surface area contributed by atoms with Crippen molar-refractivity contribution >= 4 is 27.7 Å². The van der Waals surface area contributed by atoms with E-state index in [-0.39, 0.29) is 50.9 Å². The molecule has 228 valence electrons. The van der Waals surface area contributed by atoms with Crippen molar-refractivity contribution in [2.45, 2.75) is 38.5 Å². The lowest BCUT2D eigenvalue weighted by Gasteiger charge is -2.34. The number of fused-ring (bicyclic) bond motifs is 1. The fourth-order valence-electron chi connectivity index (χ4n) is 5.09. The molecule has 0 saturated carbocycles. The highest BCUT2D eigenvalue weighted by Crippen LogP contribution is 2.33. The number of benzene rings is 1. The SMILES string of the molecule is C=C/C(=C\C=C(/C)COc1cccc2c1CN(C1CCC(=O)NC1=O)C2=O)CN1CCN(S(=O)(=O)CC(F)(F)F)CC1. The average molecular weight is 611 g/mol. The van der Waals surface area contributed by atoms with Crippen molar-refractivity contribution in [2.75, 3.05) is 45.1 Å². The number of piperazine rings is 1. The van der Waals surface area contributed by atoms with E-state index in [4.69, 9.17) is 4.74 Å². The van der Waals surface area contributed by atoms with Gasteiger partial charge in [0.05, 0.1) is 6.54 Å². The van der Waals surface area contributed by atoms with Crippen LogP contribution in [0.25, 0.3) is 0 Å². The zero-order valence-corrected chi connectivity index (χ0v) is 24.0. The summed E-state index contributed by atoms with van der Waals surface area (Å²) in [5, 5.41) is 2.29. The van der Waals surface area contributed by atoms with E-state index in [9.17, 15) is 36.0 Å². The molecule has 3 amide bonds. The number of nitrogens with one attached hydrogen (secondary N) is 1. The van der Waals surface area contributed by atoms with Gasteiger partial charge in [0.1, 0.15) is 18.4 Å². The first-order chi connectivity index (χ1) is 19.8. The van der Waals surface area contributed by atoms with Gasteiger partial charge >= 0.3 is 6.18 Å². The fraction of sp³-hybridized carbons (Fsp3) is 0.464. The number of rotatable bonds is 10. The molecule has 3 aliphatic heterocycles. The Balaban J connectivity index is 1.32. The van der Waals surface area contributed by atoms with Gasteiger partial charge in [0.15, 0.2) is 5.75 Å². The maximum atomic E-state index is 13.0. The van der Waals surface area contributed by atoms with Crippen molar-refractivity contribution in [2.24, 2.45) is 0 Å². The van der Waals surface area contributed by atoms with E-state index in [0.29, 0.717) is 36.5 Å². The van der Waals surface area contributed by atoms with E-state index in [2.05, 4.69) is 11.9 Å². The lowest BCUT2D eigenvalue weighted by atomic mass is 10.0. The zero-order valence-electron chi connectivity index (χ0n) is 23.2. The third kappa shape index (κ3) is 7.66. The third-order valence-corrected chi connectivity index (χ3v) is 9.16. The first-order valence-corrected chi connectivity index (χ1v) is 15.0. The number of imide groups is 1. The van der Waals surface area contributed by atoms with Gasteiger partial charge in [0, 0.05) is 50.3 Å². The third-order valence-electron chi connectivity index (χ3n) is 7.32. The Bertz CT molecular complexity index is 1410. The van der Waals surface area contributed by atoms with Crippen molar-refractivity contribution in [1.29, 1.82) is 0 Å². The summed E-state index contributed by atoms with van der Waals surface area (Å²) < 4.78 is 68.7. The average Bonchev–Trinajstić information content (AvgIpc) is 3.25. The summed E-state index contributed by atoms with van der Waals surface area (Å²) in [6.45, 7) is 7.11. The van der Waals surface area contributed by atoms with Crippen molar-refractivity contribution in [1.82, 2.24) is 19.4 Å². The molecule has 1 aromatic carbocycles. The van der Waals surface area contributed by atoms with E-state index in [1.807, 2.05) is 24.0 Å². The van der Waals surface area contributed by atoms with Gasteiger partial charge < -0.3 is 9.64 Å². The molecular formula is C28H33F3N4O6S. The predicted octanol–water partition coefficient (Wildman–Crippen LogP) is 2.39. The van der Waals surface area contributed by atoms with Crippen LogP contribution in [0.3, 0.4) is 0 Å². The van der Waals surface area contributed by atoms with Gasteiger partial charge in [0.25, 0.3) is 5.91 Å². The maximum absolute atomic E-state index is 13.0. The lowest BCUT2D eigenvalue weighted by Crippen LogP contribution is -2.52. The molecule has 0 aromatic heterocycles. The number of sulfonamides is 1. The number of ether oxygens (including phenoxy) is 1. The van der Waals surface area contributed by atoms with Crippen LogP contribution in [0.4, 0.5) is 13.2 Å². The second-order valence-electron chi connectivity index (χ2n) is 10.5. The number of nitrogens with zero attached hydrogens (tertiary/aromatic N) is 3. The molecule has 0 bridgehead atoms. The second-order valence-corrected chi connectivity index (χ2v) is 12.4. The molecule has 3 heterocycles. The molecule has 42 heavy (non-hydrogen) atoms. The van der Waals surface area contributed by atoms with Crippen molar-refractivity contribution < 1.29 is 40.7 Å². The summed E-state index contributed by atoms with van der Waals surface area (Å²) in [5.74, 6) is -2.45. The summed E-state index contributed by atoms with van der Waals surface area (Å²) in [5.41, 5.74) is 2.84. The lowest BCUT2D eigenvalue weighted by molar-refractivity contribution is -0.137. The highest BCUT2D eigenvalue weighted by molar-refractivity contribution is 7.89. The Kier molecular flexibility index (Phi) is 9.58. The van der Waals surface area contributed by atoms with Crippen LogP contribution in [-0.2, 0) is 26.2 Å². The Labute approximate surface area is 242 Å². The first kappa shape index (κ1) is 31.4. The Hall–Kier alpha value is -3.49. The standard InChI is InChI=1S/C28H33F3N4O6S/c1-3-20(15-33-11-13-34(14-12-33)42(39,40)18-28(29,30)31)8-7-19(2)17-41-24-6-4-5-21-22(24)16-35(27(21)38)23-9-10-25(36)32-26(23)37/h3-8,23H,1,9-18H2,2H3,(H,32,36,37)/b19-7+,20-8+.